The van der Waals surface area contributed by atoms with Gasteiger partial charge in [-0.15, -0.1) is 11.3 Å². The molecule has 5 nitrogen and oxygen atoms in total. The molecule has 0 aliphatic carbocycles. The Bertz CT molecular complexity index is 365. The van der Waals surface area contributed by atoms with E-state index in [4.69, 9.17) is 10.8 Å². The first-order chi connectivity index (χ1) is 7.41. The van der Waals surface area contributed by atoms with E-state index < -0.39 is 12.0 Å². The van der Waals surface area contributed by atoms with Crippen LogP contribution in [0, 0.1) is 5.92 Å². The number of anilines is 1. The highest BCUT2D eigenvalue weighted by Gasteiger charge is 2.18. The number of nitrogens with two attached hydrogens (primary N) is 1. The van der Waals surface area contributed by atoms with Gasteiger partial charge in [0.1, 0.15) is 6.04 Å². The molecule has 0 spiro atoms. The van der Waals surface area contributed by atoms with Gasteiger partial charge in [-0.05, 0) is 5.92 Å². The molecule has 0 bridgehead atoms. The first kappa shape index (κ1) is 12.9. The Morgan fingerprint density at radius 1 is 1.69 bits per heavy atom. The fraction of sp³-hybridized carbons (Fsp3) is 0.600. The maximum atomic E-state index is 10.7. The Hall–Kier alpha value is -1.14. The van der Waals surface area contributed by atoms with Crippen LogP contribution in [0.1, 0.15) is 25.6 Å². The Morgan fingerprint density at radius 2 is 2.31 bits per heavy atom. The number of aliphatic carboxylic acids is 1. The van der Waals surface area contributed by atoms with E-state index in [1.165, 1.54) is 11.3 Å². The number of carboxylic acid groups (broad SMARTS) is 1. The van der Waals surface area contributed by atoms with Crippen molar-refractivity contribution < 1.29 is 9.90 Å². The molecule has 0 radical (unpaired) electrons. The number of carboxylic acids is 1. The van der Waals surface area contributed by atoms with Gasteiger partial charge in [-0.1, -0.05) is 13.8 Å². The summed E-state index contributed by atoms with van der Waals surface area (Å²) in [4.78, 5) is 16.9. The number of aromatic nitrogens is 1. The van der Waals surface area contributed by atoms with Gasteiger partial charge in [-0.2, -0.15) is 0 Å². The molecular weight excluding hydrogens is 226 g/mol. The highest BCUT2D eigenvalue weighted by atomic mass is 32.1. The van der Waals surface area contributed by atoms with E-state index in [1.54, 1.807) is 5.38 Å². The van der Waals surface area contributed by atoms with Crippen molar-refractivity contribution in [3.8, 4) is 0 Å². The molecule has 16 heavy (non-hydrogen) atoms. The van der Waals surface area contributed by atoms with Crippen LogP contribution in [0.4, 0.5) is 5.13 Å². The van der Waals surface area contributed by atoms with E-state index >= 15 is 0 Å². The molecule has 3 N–H and O–H groups in total. The fourth-order valence-corrected chi connectivity index (χ4v) is 2.18. The van der Waals surface area contributed by atoms with Gasteiger partial charge >= 0.3 is 5.97 Å². The maximum Gasteiger partial charge on any atom is 0.326 e. The molecule has 1 aromatic heterocycles. The minimum atomic E-state index is -1.05. The molecule has 0 amide bonds. The lowest BCUT2D eigenvalue weighted by molar-refractivity contribution is -0.138. The van der Waals surface area contributed by atoms with Crippen molar-refractivity contribution in [2.24, 2.45) is 11.7 Å². The quantitative estimate of drug-likeness (QED) is 0.815. The summed E-state index contributed by atoms with van der Waals surface area (Å²) >= 11 is 1.42. The number of nitrogens with zero attached hydrogens (tertiary/aromatic N) is 2. The van der Waals surface area contributed by atoms with Crippen LogP contribution in [0.25, 0.3) is 0 Å². The summed E-state index contributed by atoms with van der Waals surface area (Å²) in [7, 11) is 1.94. The van der Waals surface area contributed by atoms with E-state index in [9.17, 15) is 4.79 Å². The van der Waals surface area contributed by atoms with Gasteiger partial charge in [0, 0.05) is 19.0 Å². The summed E-state index contributed by atoms with van der Waals surface area (Å²) in [6, 6.07) is -1.03. The topological polar surface area (TPSA) is 79.5 Å². The maximum absolute atomic E-state index is 10.7. The van der Waals surface area contributed by atoms with Crippen molar-refractivity contribution in [3.05, 3.63) is 11.1 Å². The highest BCUT2D eigenvalue weighted by Crippen LogP contribution is 2.23. The number of hydrogen-bond acceptors (Lipinski definition) is 5. The van der Waals surface area contributed by atoms with Crippen LogP contribution in [-0.4, -0.2) is 29.7 Å². The fourth-order valence-electron chi connectivity index (χ4n) is 1.35. The third kappa shape index (κ3) is 3.18. The van der Waals surface area contributed by atoms with Crippen LogP contribution in [0.5, 0.6) is 0 Å². The monoisotopic (exact) mass is 243 g/mol. The van der Waals surface area contributed by atoms with Crippen LogP contribution in [0.3, 0.4) is 0 Å². The van der Waals surface area contributed by atoms with Crippen molar-refractivity contribution in [2.75, 3.05) is 18.5 Å². The van der Waals surface area contributed by atoms with Crippen LogP contribution in [-0.2, 0) is 4.79 Å². The molecular formula is C10H17N3O2S. The SMILES string of the molecule is CC(C)CN(C)c1nc(C(N)C(=O)O)cs1. The van der Waals surface area contributed by atoms with Gasteiger partial charge in [-0.25, -0.2) is 4.98 Å². The van der Waals surface area contributed by atoms with E-state index in [-0.39, 0.29) is 0 Å². The zero-order valence-electron chi connectivity index (χ0n) is 9.67. The van der Waals surface area contributed by atoms with Gasteiger partial charge in [0.25, 0.3) is 0 Å². The Balaban J connectivity index is 2.74. The van der Waals surface area contributed by atoms with Gasteiger partial charge < -0.3 is 15.7 Å². The van der Waals surface area contributed by atoms with Crippen molar-refractivity contribution in [1.29, 1.82) is 0 Å². The smallest absolute Gasteiger partial charge is 0.326 e. The lowest BCUT2D eigenvalue weighted by Crippen LogP contribution is -2.23. The molecule has 0 aliphatic heterocycles. The number of hydrogen-bond donors (Lipinski definition) is 2. The van der Waals surface area contributed by atoms with Gasteiger partial charge in [0.15, 0.2) is 5.13 Å². The molecule has 0 fully saturated rings. The minimum absolute atomic E-state index is 0.420. The zero-order chi connectivity index (χ0) is 12.3. The molecule has 0 aliphatic rings. The van der Waals surface area contributed by atoms with Gasteiger partial charge in [-0.3, -0.25) is 4.79 Å². The van der Waals surface area contributed by atoms with E-state index in [1.807, 2.05) is 11.9 Å². The van der Waals surface area contributed by atoms with Crippen LogP contribution >= 0.6 is 11.3 Å². The average Bonchev–Trinajstić information content (AvgIpc) is 2.63. The summed E-state index contributed by atoms with van der Waals surface area (Å²) in [6.07, 6.45) is 0. The van der Waals surface area contributed by atoms with Crippen LogP contribution in [0.15, 0.2) is 5.38 Å². The Labute approximate surface area is 98.9 Å². The summed E-state index contributed by atoms with van der Waals surface area (Å²) in [5.41, 5.74) is 5.90. The van der Waals surface area contributed by atoms with E-state index in [2.05, 4.69) is 18.8 Å². The third-order valence-electron chi connectivity index (χ3n) is 2.06. The lowest BCUT2D eigenvalue weighted by atomic mass is 10.2. The van der Waals surface area contributed by atoms with Crippen LogP contribution < -0.4 is 10.6 Å². The summed E-state index contributed by atoms with van der Waals surface area (Å²) in [5.74, 6) is -0.520. The minimum Gasteiger partial charge on any atom is -0.480 e. The predicted octanol–water partition coefficient (Wildman–Crippen LogP) is 1.32. The van der Waals surface area contributed by atoms with Gasteiger partial charge in [0.05, 0.1) is 5.69 Å². The summed E-state index contributed by atoms with van der Waals surface area (Å²) < 4.78 is 0. The zero-order valence-corrected chi connectivity index (χ0v) is 10.5. The molecule has 0 saturated heterocycles. The Morgan fingerprint density at radius 3 is 2.81 bits per heavy atom. The van der Waals surface area contributed by atoms with Crippen molar-refractivity contribution in [3.63, 3.8) is 0 Å². The molecule has 1 aromatic rings. The summed E-state index contributed by atoms with van der Waals surface area (Å²) in [6.45, 7) is 5.12. The Kier molecular flexibility index (Phi) is 4.26. The normalized spacial score (nSPS) is 12.8. The second-order valence-electron chi connectivity index (χ2n) is 4.15. The number of rotatable bonds is 5. The van der Waals surface area contributed by atoms with Crippen molar-refractivity contribution in [1.82, 2.24) is 4.98 Å². The van der Waals surface area contributed by atoms with Crippen molar-refractivity contribution in [2.45, 2.75) is 19.9 Å². The van der Waals surface area contributed by atoms with Gasteiger partial charge in [0.2, 0.25) is 0 Å². The molecule has 90 valence electrons. The van der Waals surface area contributed by atoms with E-state index in [0.29, 0.717) is 11.6 Å². The average molecular weight is 243 g/mol. The molecule has 1 unspecified atom stereocenters. The molecule has 0 saturated carbocycles. The molecule has 1 heterocycles. The molecule has 1 atom stereocenters. The highest BCUT2D eigenvalue weighted by molar-refractivity contribution is 7.13. The second kappa shape index (κ2) is 5.27. The van der Waals surface area contributed by atoms with Crippen LogP contribution in [0.2, 0.25) is 0 Å². The lowest BCUT2D eigenvalue weighted by Gasteiger charge is -2.17. The third-order valence-corrected chi connectivity index (χ3v) is 3.03. The second-order valence-corrected chi connectivity index (χ2v) is 4.98. The number of thiazole rings is 1. The molecule has 1 rings (SSSR count). The first-order valence-electron chi connectivity index (χ1n) is 5.06. The number of carbonyl (C=O) groups is 1. The largest absolute Gasteiger partial charge is 0.480 e. The standard InChI is InChI=1S/C10H17N3O2S/c1-6(2)4-13(3)10-12-7(5-16-10)8(11)9(14)15/h5-6,8H,4,11H2,1-3H3,(H,14,15). The first-order valence-corrected chi connectivity index (χ1v) is 5.94. The molecule has 0 aromatic carbocycles. The van der Waals surface area contributed by atoms with Crippen molar-refractivity contribution >= 4 is 22.4 Å². The predicted molar refractivity (Wildman–Crippen MR) is 64.8 cm³/mol. The van der Waals surface area contributed by atoms with E-state index in [0.717, 1.165) is 11.7 Å². The summed E-state index contributed by atoms with van der Waals surface area (Å²) in [5, 5.41) is 11.3. The molecule has 6 heteroatoms.